The highest BCUT2D eigenvalue weighted by Gasteiger charge is 2.19. The number of halogens is 1. The highest BCUT2D eigenvalue weighted by molar-refractivity contribution is 7.92. The predicted octanol–water partition coefficient (Wildman–Crippen LogP) is 3.65. The molecule has 1 heterocycles. The van der Waals surface area contributed by atoms with Gasteiger partial charge in [-0.3, -0.25) is 9.52 Å². The second kappa shape index (κ2) is 8.03. The van der Waals surface area contributed by atoms with E-state index in [0.717, 1.165) is 0 Å². The number of carbonyl (C=O) groups is 1. The first-order valence-electron chi connectivity index (χ1n) is 9.00. The van der Waals surface area contributed by atoms with Gasteiger partial charge in [0, 0.05) is 23.0 Å². The van der Waals surface area contributed by atoms with E-state index in [1.807, 2.05) is 0 Å². The minimum Gasteiger partial charge on any atom is -0.486 e. The SMILES string of the molecule is O=C(Nc1cccc(F)c1)c1ccc(NS(=O)(=O)c2ccc3c(c2)OCCO3)cc1. The topological polar surface area (TPSA) is 93.7 Å². The van der Waals surface area contributed by atoms with Crippen LogP contribution in [0.1, 0.15) is 10.4 Å². The van der Waals surface area contributed by atoms with Crippen LogP contribution in [-0.2, 0) is 10.0 Å². The van der Waals surface area contributed by atoms with Crippen molar-refractivity contribution in [2.45, 2.75) is 4.90 Å². The molecule has 3 aromatic carbocycles. The third-order valence-electron chi connectivity index (χ3n) is 4.31. The summed E-state index contributed by atoms with van der Waals surface area (Å²) in [4.78, 5) is 12.3. The first-order chi connectivity index (χ1) is 14.4. The average molecular weight is 428 g/mol. The minimum atomic E-state index is -3.86. The van der Waals surface area contributed by atoms with E-state index in [0.29, 0.717) is 36.0 Å². The summed E-state index contributed by atoms with van der Waals surface area (Å²) in [5, 5.41) is 2.58. The summed E-state index contributed by atoms with van der Waals surface area (Å²) in [6, 6.07) is 15.8. The van der Waals surface area contributed by atoms with Gasteiger partial charge < -0.3 is 14.8 Å². The molecule has 0 fully saturated rings. The molecule has 0 spiro atoms. The third-order valence-corrected chi connectivity index (χ3v) is 5.68. The molecule has 9 heteroatoms. The van der Waals surface area contributed by atoms with Crippen LogP contribution in [0.25, 0.3) is 0 Å². The van der Waals surface area contributed by atoms with Crippen LogP contribution in [0.5, 0.6) is 11.5 Å². The van der Waals surface area contributed by atoms with Crippen LogP contribution in [0.2, 0.25) is 0 Å². The first kappa shape index (κ1) is 19.7. The van der Waals surface area contributed by atoms with Crippen molar-refractivity contribution in [2.75, 3.05) is 23.3 Å². The van der Waals surface area contributed by atoms with Crippen molar-refractivity contribution in [3.8, 4) is 11.5 Å². The van der Waals surface area contributed by atoms with E-state index in [1.165, 1.54) is 54.6 Å². The van der Waals surface area contributed by atoms with E-state index in [2.05, 4.69) is 10.0 Å². The van der Waals surface area contributed by atoms with Gasteiger partial charge in [0.15, 0.2) is 11.5 Å². The molecule has 1 amide bonds. The molecule has 2 N–H and O–H groups in total. The van der Waals surface area contributed by atoms with Gasteiger partial charge >= 0.3 is 0 Å². The van der Waals surface area contributed by atoms with Crippen molar-refractivity contribution >= 4 is 27.3 Å². The Balaban J connectivity index is 1.47. The van der Waals surface area contributed by atoms with Crippen molar-refractivity contribution < 1.29 is 27.1 Å². The summed E-state index contributed by atoms with van der Waals surface area (Å²) < 4.78 is 51.8. The molecule has 0 atom stereocenters. The Kier molecular flexibility index (Phi) is 5.28. The fourth-order valence-corrected chi connectivity index (χ4v) is 3.94. The maximum Gasteiger partial charge on any atom is 0.262 e. The standard InChI is InChI=1S/C21H17FN2O5S/c22-15-2-1-3-17(12-15)23-21(25)14-4-6-16(7-5-14)24-30(26,27)18-8-9-19-20(13-18)29-11-10-28-19/h1-9,12-13,24H,10-11H2,(H,23,25). The maximum atomic E-state index is 13.2. The van der Waals surface area contributed by atoms with E-state index >= 15 is 0 Å². The van der Waals surface area contributed by atoms with E-state index in [1.54, 1.807) is 12.1 Å². The van der Waals surface area contributed by atoms with Gasteiger partial charge in [0.1, 0.15) is 19.0 Å². The number of carbonyl (C=O) groups excluding carboxylic acids is 1. The number of ether oxygens (including phenoxy) is 2. The molecule has 7 nitrogen and oxygen atoms in total. The van der Waals surface area contributed by atoms with Crippen LogP contribution >= 0.6 is 0 Å². The Bertz CT molecular complexity index is 1200. The molecule has 0 saturated carbocycles. The summed E-state index contributed by atoms with van der Waals surface area (Å²) in [5.41, 5.74) is 0.900. The molecule has 0 aromatic heterocycles. The van der Waals surface area contributed by atoms with Crippen molar-refractivity contribution in [1.29, 1.82) is 0 Å². The summed E-state index contributed by atoms with van der Waals surface area (Å²) >= 11 is 0. The number of hydrogen-bond acceptors (Lipinski definition) is 5. The largest absolute Gasteiger partial charge is 0.486 e. The normalized spacial score (nSPS) is 12.8. The maximum absolute atomic E-state index is 13.2. The smallest absolute Gasteiger partial charge is 0.262 e. The zero-order chi connectivity index (χ0) is 21.1. The quantitative estimate of drug-likeness (QED) is 0.647. The van der Waals surface area contributed by atoms with Crippen LogP contribution < -0.4 is 19.5 Å². The van der Waals surface area contributed by atoms with Crippen molar-refractivity contribution in [2.24, 2.45) is 0 Å². The fraction of sp³-hybridized carbons (Fsp3) is 0.0952. The molecule has 0 unspecified atom stereocenters. The van der Waals surface area contributed by atoms with Crippen molar-refractivity contribution in [1.82, 2.24) is 0 Å². The van der Waals surface area contributed by atoms with Gasteiger partial charge in [-0.1, -0.05) is 6.07 Å². The molecule has 3 aromatic rings. The first-order valence-corrected chi connectivity index (χ1v) is 10.5. The lowest BCUT2D eigenvalue weighted by molar-refractivity contribution is 0.102. The summed E-state index contributed by atoms with van der Waals surface area (Å²) in [6.07, 6.45) is 0. The molecule has 1 aliphatic rings. The molecule has 0 aliphatic carbocycles. The molecule has 1 aliphatic heterocycles. The highest BCUT2D eigenvalue weighted by atomic mass is 32.2. The van der Waals surface area contributed by atoms with Gasteiger partial charge in [0.2, 0.25) is 0 Å². The number of sulfonamides is 1. The Labute approximate surface area is 172 Å². The number of rotatable bonds is 5. The van der Waals surface area contributed by atoms with Gasteiger partial charge in [-0.15, -0.1) is 0 Å². The second-order valence-corrected chi connectivity index (χ2v) is 8.14. The van der Waals surface area contributed by atoms with Gasteiger partial charge in [-0.25, -0.2) is 12.8 Å². The Morgan fingerprint density at radius 2 is 1.60 bits per heavy atom. The van der Waals surface area contributed by atoms with E-state index in [9.17, 15) is 17.6 Å². The highest BCUT2D eigenvalue weighted by Crippen LogP contribution is 2.32. The number of anilines is 2. The van der Waals surface area contributed by atoms with Gasteiger partial charge in [0.05, 0.1) is 4.90 Å². The zero-order valence-corrected chi connectivity index (χ0v) is 16.4. The number of nitrogens with one attached hydrogen (secondary N) is 2. The molecular weight excluding hydrogens is 411 g/mol. The molecule has 4 rings (SSSR count). The summed E-state index contributed by atoms with van der Waals surface area (Å²) in [6.45, 7) is 0.763. The Hall–Kier alpha value is -3.59. The number of hydrogen-bond donors (Lipinski definition) is 2. The van der Waals surface area contributed by atoms with Gasteiger partial charge in [-0.2, -0.15) is 0 Å². The monoisotopic (exact) mass is 428 g/mol. The number of amides is 1. The molecule has 30 heavy (non-hydrogen) atoms. The molecule has 154 valence electrons. The summed E-state index contributed by atoms with van der Waals surface area (Å²) in [5.74, 6) is -0.0408. The van der Waals surface area contributed by atoms with Crippen molar-refractivity contribution in [3.63, 3.8) is 0 Å². The lowest BCUT2D eigenvalue weighted by Gasteiger charge is -2.19. The lowest BCUT2D eigenvalue weighted by Crippen LogP contribution is -2.17. The van der Waals surface area contributed by atoms with E-state index < -0.39 is 21.7 Å². The Morgan fingerprint density at radius 3 is 2.33 bits per heavy atom. The second-order valence-electron chi connectivity index (χ2n) is 6.45. The van der Waals surface area contributed by atoms with Crippen LogP contribution in [0, 0.1) is 5.82 Å². The number of benzene rings is 3. The van der Waals surface area contributed by atoms with E-state index in [-0.39, 0.29) is 10.6 Å². The third kappa shape index (κ3) is 4.36. The number of fused-ring (bicyclic) bond motifs is 1. The minimum absolute atomic E-state index is 0.0275. The summed E-state index contributed by atoms with van der Waals surface area (Å²) in [7, 11) is -3.86. The molecular formula is C21H17FN2O5S. The Morgan fingerprint density at radius 1 is 0.867 bits per heavy atom. The van der Waals surface area contributed by atoms with Gasteiger partial charge in [-0.05, 0) is 54.6 Å². The van der Waals surface area contributed by atoms with Crippen LogP contribution in [0.3, 0.4) is 0 Å². The predicted molar refractivity (Wildman–Crippen MR) is 109 cm³/mol. The lowest BCUT2D eigenvalue weighted by atomic mass is 10.2. The van der Waals surface area contributed by atoms with Crippen LogP contribution in [0.4, 0.5) is 15.8 Å². The molecule has 0 radical (unpaired) electrons. The van der Waals surface area contributed by atoms with Gasteiger partial charge in [0.25, 0.3) is 15.9 Å². The molecule has 0 saturated heterocycles. The average Bonchev–Trinajstić information content (AvgIpc) is 2.73. The van der Waals surface area contributed by atoms with Crippen LogP contribution in [0.15, 0.2) is 71.6 Å². The van der Waals surface area contributed by atoms with E-state index in [4.69, 9.17) is 9.47 Å². The zero-order valence-electron chi connectivity index (χ0n) is 15.6. The van der Waals surface area contributed by atoms with Crippen molar-refractivity contribution in [3.05, 3.63) is 78.1 Å². The van der Waals surface area contributed by atoms with Crippen LogP contribution in [-0.4, -0.2) is 27.5 Å². The fourth-order valence-electron chi connectivity index (χ4n) is 2.86. The molecule has 0 bridgehead atoms.